The molecule has 1 N–H and O–H groups in total. The molecular weight excluding hydrogens is 232 g/mol. The minimum atomic E-state index is -0.733. The first-order chi connectivity index (χ1) is 8.12. The number of rotatable bonds is 1. The standard InChI is InChI=1S/C12H21N4O2/c1-8-9(7-13-14(8)6)10-15(17)11(2,3)12(4,5)16(10)18/h7,10,15H,1-6H3. The van der Waals surface area contributed by atoms with Crippen molar-refractivity contribution in [2.75, 3.05) is 0 Å². The largest absolute Gasteiger partial charge is 0.632 e. The lowest BCUT2D eigenvalue weighted by Gasteiger charge is -2.38. The molecule has 0 bridgehead atoms. The van der Waals surface area contributed by atoms with Crippen LogP contribution in [0.3, 0.4) is 0 Å². The fourth-order valence-electron chi connectivity index (χ4n) is 2.40. The topological polar surface area (TPSA) is 68.5 Å². The summed E-state index contributed by atoms with van der Waals surface area (Å²) in [6.45, 7) is 9.20. The highest BCUT2D eigenvalue weighted by Crippen LogP contribution is 2.37. The zero-order valence-corrected chi connectivity index (χ0v) is 11.8. The van der Waals surface area contributed by atoms with Crippen LogP contribution in [0, 0.1) is 12.1 Å². The lowest BCUT2D eigenvalue weighted by molar-refractivity contribution is -0.926. The van der Waals surface area contributed by atoms with Gasteiger partial charge in [0.1, 0.15) is 11.1 Å². The first-order valence-corrected chi connectivity index (χ1v) is 6.11. The maximum Gasteiger partial charge on any atom is 0.199 e. The maximum atomic E-state index is 12.5. The number of quaternary nitrogens is 1. The summed E-state index contributed by atoms with van der Waals surface area (Å²) in [5, 5.41) is 30.0. The van der Waals surface area contributed by atoms with Crippen LogP contribution >= 0.6 is 0 Å². The van der Waals surface area contributed by atoms with E-state index >= 15 is 0 Å². The molecule has 18 heavy (non-hydrogen) atoms. The minimum Gasteiger partial charge on any atom is -0.632 e. The van der Waals surface area contributed by atoms with Crippen molar-refractivity contribution in [3.05, 3.63) is 22.7 Å². The predicted molar refractivity (Wildman–Crippen MR) is 65.7 cm³/mol. The Balaban J connectivity index is 2.51. The van der Waals surface area contributed by atoms with Crippen LogP contribution in [0.4, 0.5) is 0 Å². The average molecular weight is 253 g/mol. The van der Waals surface area contributed by atoms with Crippen molar-refractivity contribution in [1.82, 2.24) is 14.8 Å². The molecule has 1 radical (unpaired) electrons. The highest BCUT2D eigenvalue weighted by atomic mass is 16.6. The van der Waals surface area contributed by atoms with Crippen LogP contribution in [-0.2, 0) is 12.3 Å². The quantitative estimate of drug-likeness (QED) is 0.733. The summed E-state index contributed by atoms with van der Waals surface area (Å²) >= 11 is 0. The van der Waals surface area contributed by atoms with Gasteiger partial charge in [0.25, 0.3) is 0 Å². The third-order valence-corrected chi connectivity index (χ3v) is 4.75. The fraction of sp³-hybridized carbons (Fsp3) is 0.750. The molecular formula is C12H21N4O2. The molecule has 6 heteroatoms. The van der Waals surface area contributed by atoms with E-state index in [1.807, 2.05) is 41.7 Å². The molecule has 1 saturated heterocycles. The molecule has 6 nitrogen and oxygen atoms in total. The van der Waals surface area contributed by atoms with Crippen molar-refractivity contribution in [3.8, 4) is 0 Å². The molecule has 2 unspecified atom stereocenters. The zero-order chi connectivity index (χ0) is 13.9. The van der Waals surface area contributed by atoms with Crippen molar-refractivity contribution < 1.29 is 10.3 Å². The Morgan fingerprint density at radius 3 is 2.28 bits per heavy atom. The van der Waals surface area contributed by atoms with Gasteiger partial charge in [-0.3, -0.25) is 4.68 Å². The van der Waals surface area contributed by atoms with Crippen LogP contribution in [0.15, 0.2) is 6.20 Å². The Bertz CT molecular complexity index is 447. The molecule has 2 heterocycles. The van der Waals surface area contributed by atoms with Gasteiger partial charge in [0.05, 0.1) is 11.8 Å². The summed E-state index contributed by atoms with van der Waals surface area (Å²) in [5.74, 6) is 0. The normalized spacial score (nSPS) is 30.9. The van der Waals surface area contributed by atoms with Gasteiger partial charge in [0, 0.05) is 12.7 Å². The van der Waals surface area contributed by atoms with E-state index in [0.717, 1.165) is 16.3 Å². The summed E-state index contributed by atoms with van der Waals surface area (Å²) in [5.41, 5.74) is 0.206. The number of nitrogens with zero attached hydrogens (tertiary/aromatic N) is 3. The number of aryl methyl sites for hydroxylation is 1. The predicted octanol–water partition coefficient (Wildman–Crippen LogP) is 0.328. The number of hydrogen-bond donors (Lipinski definition) is 1. The Morgan fingerprint density at radius 2 is 1.94 bits per heavy atom. The van der Waals surface area contributed by atoms with E-state index in [1.165, 1.54) is 0 Å². The first-order valence-electron chi connectivity index (χ1n) is 6.11. The van der Waals surface area contributed by atoms with Gasteiger partial charge < -0.3 is 10.3 Å². The minimum absolute atomic E-state index is 0.0291. The average Bonchev–Trinajstić information content (AvgIpc) is 2.64. The summed E-state index contributed by atoms with van der Waals surface area (Å²) in [6, 6.07) is 0. The van der Waals surface area contributed by atoms with E-state index in [0.29, 0.717) is 0 Å². The van der Waals surface area contributed by atoms with Crippen molar-refractivity contribution in [3.63, 3.8) is 0 Å². The molecule has 0 aromatic carbocycles. The summed E-state index contributed by atoms with van der Waals surface area (Å²) in [7, 11) is 1.81. The Hall–Kier alpha value is -0.950. The van der Waals surface area contributed by atoms with Crippen LogP contribution in [0.25, 0.3) is 0 Å². The van der Waals surface area contributed by atoms with Crippen LogP contribution in [0.2, 0.25) is 0 Å². The first kappa shape index (κ1) is 13.5. The second-order valence-corrected chi connectivity index (χ2v) is 6.09. The monoisotopic (exact) mass is 253 g/mol. The summed E-state index contributed by atoms with van der Waals surface area (Å²) < 4.78 is 1.69. The highest BCUT2D eigenvalue weighted by Gasteiger charge is 2.60. The molecule has 1 fully saturated rings. The lowest BCUT2D eigenvalue weighted by Crippen LogP contribution is -3.14. The van der Waals surface area contributed by atoms with E-state index in [2.05, 4.69) is 5.10 Å². The van der Waals surface area contributed by atoms with Gasteiger partial charge >= 0.3 is 0 Å². The van der Waals surface area contributed by atoms with Gasteiger partial charge in [-0.25, -0.2) is 0 Å². The van der Waals surface area contributed by atoms with Gasteiger partial charge in [-0.1, -0.05) is 5.06 Å². The van der Waals surface area contributed by atoms with Gasteiger partial charge in [0.15, 0.2) is 6.17 Å². The summed E-state index contributed by atoms with van der Waals surface area (Å²) in [6.07, 6.45) is 0.893. The van der Waals surface area contributed by atoms with E-state index in [9.17, 15) is 10.4 Å². The van der Waals surface area contributed by atoms with E-state index < -0.39 is 17.2 Å². The summed E-state index contributed by atoms with van der Waals surface area (Å²) in [4.78, 5) is 0. The van der Waals surface area contributed by atoms with Crippen LogP contribution in [0.1, 0.15) is 45.1 Å². The number of hydroxylamine groups is 4. The molecule has 1 aliphatic rings. The van der Waals surface area contributed by atoms with E-state index in [1.54, 1.807) is 10.9 Å². The lowest BCUT2D eigenvalue weighted by atomic mass is 9.84. The van der Waals surface area contributed by atoms with Crippen LogP contribution in [0.5, 0.6) is 0 Å². The van der Waals surface area contributed by atoms with Gasteiger partial charge in [-0.2, -0.15) is 5.10 Å². The molecule has 2 atom stereocenters. The van der Waals surface area contributed by atoms with Gasteiger partial charge in [0.2, 0.25) is 0 Å². The Labute approximate surface area is 107 Å². The number of aromatic nitrogens is 2. The van der Waals surface area contributed by atoms with Crippen molar-refractivity contribution in [1.29, 1.82) is 0 Å². The third kappa shape index (κ3) is 1.46. The molecule has 0 saturated carbocycles. The third-order valence-electron chi connectivity index (χ3n) is 4.75. The zero-order valence-electron chi connectivity index (χ0n) is 11.8. The Kier molecular flexibility index (Phi) is 2.82. The number of nitrogens with one attached hydrogen (secondary N) is 1. The van der Waals surface area contributed by atoms with Gasteiger partial charge in [-0.15, -0.1) is 5.21 Å². The molecule has 0 amide bonds. The second kappa shape index (κ2) is 3.77. The molecule has 101 valence electrons. The molecule has 1 aromatic rings. The fourth-order valence-corrected chi connectivity index (χ4v) is 2.40. The molecule has 1 aromatic heterocycles. The van der Waals surface area contributed by atoms with Gasteiger partial charge in [-0.05, 0) is 34.6 Å². The smallest absolute Gasteiger partial charge is 0.199 e. The highest BCUT2D eigenvalue weighted by molar-refractivity contribution is 5.20. The molecule has 0 spiro atoms. The molecule has 0 aliphatic carbocycles. The maximum absolute atomic E-state index is 12.5. The Morgan fingerprint density at radius 1 is 1.39 bits per heavy atom. The van der Waals surface area contributed by atoms with Crippen molar-refractivity contribution in [2.45, 2.75) is 51.9 Å². The van der Waals surface area contributed by atoms with E-state index in [4.69, 9.17) is 0 Å². The molecule has 1 aliphatic heterocycles. The SMILES string of the molecule is Cc1c(C2N([O])C(C)(C)C(C)(C)[NH+]2[O-])cnn1C. The number of hydrogen-bond acceptors (Lipinski definition) is 3. The van der Waals surface area contributed by atoms with Crippen molar-refractivity contribution >= 4 is 0 Å². The van der Waals surface area contributed by atoms with Crippen LogP contribution < -0.4 is 5.06 Å². The van der Waals surface area contributed by atoms with E-state index in [-0.39, 0.29) is 5.06 Å². The van der Waals surface area contributed by atoms with Crippen LogP contribution in [-0.4, -0.2) is 25.9 Å². The molecule has 2 rings (SSSR count). The van der Waals surface area contributed by atoms with Crippen molar-refractivity contribution in [2.24, 2.45) is 7.05 Å². The second-order valence-electron chi connectivity index (χ2n) is 6.09.